The number of hydrogen-bond acceptors (Lipinski definition) is 5. The van der Waals surface area contributed by atoms with Crippen molar-refractivity contribution in [3.05, 3.63) is 59.7 Å². The van der Waals surface area contributed by atoms with Crippen LogP contribution in [0.2, 0.25) is 0 Å². The molecule has 0 bridgehead atoms. The Bertz CT molecular complexity index is 815. The number of nitrogens with zero attached hydrogens (tertiary/aromatic N) is 1. The highest BCUT2D eigenvalue weighted by atomic mass is 16.5. The van der Waals surface area contributed by atoms with Gasteiger partial charge in [0.25, 0.3) is 5.91 Å². The van der Waals surface area contributed by atoms with Gasteiger partial charge in [-0.1, -0.05) is 24.3 Å². The number of quaternary nitrogens is 1. The summed E-state index contributed by atoms with van der Waals surface area (Å²) in [6.07, 6.45) is 0. The van der Waals surface area contributed by atoms with Crippen molar-refractivity contribution in [1.82, 2.24) is 5.32 Å². The molecule has 3 rings (SSSR count). The normalized spacial score (nSPS) is 14.5. The summed E-state index contributed by atoms with van der Waals surface area (Å²) in [6.45, 7) is 4.14. The number of phenolic OH excluding ortho intramolecular Hbond substituents is 1. The minimum absolute atomic E-state index is 0.00283. The summed E-state index contributed by atoms with van der Waals surface area (Å²) in [4.78, 5) is 27.1. The zero-order chi connectivity index (χ0) is 19.9. The first kappa shape index (κ1) is 19.7. The number of nitrogens with one attached hydrogen (secondary N) is 2. The van der Waals surface area contributed by atoms with Crippen molar-refractivity contribution < 1.29 is 24.3 Å². The molecule has 2 aromatic rings. The molecule has 0 unspecified atom stereocenters. The van der Waals surface area contributed by atoms with E-state index >= 15 is 0 Å². The first-order valence-electron chi connectivity index (χ1n) is 9.37. The molecule has 0 aliphatic carbocycles. The lowest BCUT2D eigenvalue weighted by atomic mass is 10.1. The second-order valence-electron chi connectivity index (χ2n) is 6.87. The van der Waals surface area contributed by atoms with Crippen molar-refractivity contribution in [3.63, 3.8) is 0 Å². The van der Waals surface area contributed by atoms with Crippen LogP contribution in [0.25, 0.3) is 0 Å². The van der Waals surface area contributed by atoms with Crippen molar-refractivity contribution in [1.29, 1.82) is 0 Å². The van der Waals surface area contributed by atoms with Crippen LogP contribution >= 0.6 is 0 Å². The van der Waals surface area contributed by atoms with Crippen LogP contribution in [0, 0.1) is 0 Å². The third-order valence-electron chi connectivity index (χ3n) is 4.97. The van der Waals surface area contributed by atoms with E-state index < -0.39 is 0 Å². The lowest BCUT2D eigenvalue weighted by Gasteiger charge is -2.33. The Kier molecular flexibility index (Phi) is 6.49. The highest BCUT2D eigenvalue weighted by Crippen LogP contribution is 2.25. The standard InChI is InChI=1S/C21H25N3O4/c1-28-21(27)17-8-6-16(7-9-17)14-22-20(26)15-23-10-12-24(13-11-23)18-4-2-3-5-19(18)25/h2-9,25H,10-15H2,1H3,(H,22,26)/p+1. The summed E-state index contributed by atoms with van der Waals surface area (Å²) >= 11 is 0. The van der Waals surface area contributed by atoms with Gasteiger partial charge in [-0.05, 0) is 29.8 Å². The quantitative estimate of drug-likeness (QED) is 0.620. The molecule has 1 aliphatic rings. The Morgan fingerprint density at radius 2 is 1.79 bits per heavy atom. The number of phenols is 1. The van der Waals surface area contributed by atoms with Crippen LogP contribution in [0.3, 0.4) is 0 Å². The summed E-state index contributed by atoms with van der Waals surface area (Å²) in [6, 6.07) is 14.3. The van der Waals surface area contributed by atoms with Crippen LogP contribution in [0.15, 0.2) is 48.5 Å². The van der Waals surface area contributed by atoms with Crippen LogP contribution < -0.4 is 15.1 Å². The number of piperazine rings is 1. The molecule has 0 atom stereocenters. The van der Waals surface area contributed by atoms with E-state index in [1.165, 1.54) is 12.0 Å². The van der Waals surface area contributed by atoms with Gasteiger partial charge < -0.3 is 25.0 Å². The average Bonchev–Trinajstić information content (AvgIpc) is 2.73. The van der Waals surface area contributed by atoms with Crippen molar-refractivity contribution in [2.24, 2.45) is 0 Å². The van der Waals surface area contributed by atoms with E-state index in [1.54, 1.807) is 18.2 Å². The molecule has 0 spiro atoms. The number of para-hydroxylation sites is 2. The third kappa shape index (κ3) is 5.01. The molecule has 7 heteroatoms. The molecule has 0 radical (unpaired) electrons. The third-order valence-corrected chi connectivity index (χ3v) is 4.97. The molecule has 2 aromatic carbocycles. The number of carbonyl (C=O) groups excluding carboxylic acids is 2. The number of hydrogen-bond donors (Lipinski definition) is 3. The van der Waals surface area contributed by atoms with Crippen molar-refractivity contribution in [3.8, 4) is 5.75 Å². The molecule has 1 heterocycles. The fourth-order valence-corrected chi connectivity index (χ4v) is 3.34. The summed E-state index contributed by atoms with van der Waals surface area (Å²) < 4.78 is 4.67. The number of amides is 1. The zero-order valence-electron chi connectivity index (χ0n) is 16.0. The largest absolute Gasteiger partial charge is 0.506 e. The molecule has 1 saturated heterocycles. The maximum absolute atomic E-state index is 12.3. The van der Waals surface area contributed by atoms with Crippen molar-refractivity contribution >= 4 is 17.6 Å². The first-order valence-corrected chi connectivity index (χ1v) is 9.37. The minimum Gasteiger partial charge on any atom is -0.506 e. The predicted molar refractivity (Wildman–Crippen MR) is 106 cm³/mol. The summed E-state index contributed by atoms with van der Waals surface area (Å²) in [7, 11) is 1.35. The van der Waals surface area contributed by atoms with Gasteiger partial charge in [0.2, 0.25) is 0 Å². The molecule has 0 aromatic heterocycles. The van der Waals surface area contributed by atoms with Crippen molar-refractivity contribution in [2.75, 3.05) is 44.7 Å². The molecule has 1 amide bonds. The molecule has 148 valence electrons. The number of esters is 1. The Morgan fingerprint density at radius 3 is 2.43 bits per heavy atom. The van der Waals surface area contributed by atoms with E-state index in [4.69, 9.17) is 0 Å². The highest BCUT2D eigenvalue weighted by molar-refractivity contribution is 5.89. The van der Waals surface area contributed by atoms with Gasteiger partial charge in [-0.25, -0.2) is 4.79 Å². The summed E-state index contributed by atoms with van der Waals surface area (Å²) in [5.41, 5.74) is 2.27. The lowest BCUT2D eigenvalue weighted by Crippen LogP contribution is -3.15. The topological polar surface area (TPSA) is 83.3 Å². The number of rotatable bonds is 6. The molecule has 0 saturated carbocycles. The number of methoxy groups -OCH3 is 1. The van der Waals surface area contributed by atoms with Gasteiger partial charge in [-0.15, -0.1) is 0 Å². The zero-order valence-corrected chi connectivity index (χ0v) is 16.0. The summed E-state index contributed by atoms with van der Waals surface area (Å²) in [5, 5.41) is 12.9. The maximum Gasteiger partial charge on any atom is 0.337 e. The van der Waals surface area contributed by atoms with Gasteiger partial charge in [0.1, 0.15) is 5.75 Å². The Morgan fingerprint density at radius 1 is 1.11 bits per heavy atom. The first-order chi connectivity index (χ1) is 13.6. The highest BCUT2D eigenvalue weighted by Gasteiger charge is 2.23. The number of benzene rings is 2. The second kappa shape index (κ2) is 9.23. The Hall–Kier alpha value is -3.06. The number of carbonyl (C=O) groups is 2. The Balaban J connectivity index is 1.42. The second-order valence-corrected chi connectivity index (χ2v) is 6.87. The van der Waals surface area contributed by atoms with Gasteiger partial charge in [0.05, 0.1) is 44.5 Å². The maximum atomic E-state index is 12.3. The number of ether oxygens (including phenoxy) is 1. The van der Waals surface area contributed by atoms with Gasteiger partial charge >= 0.3 is 5.97 Å². The average molecular weight is 384 g/mol. The Labute approximate surface area is 164 Å². The monoisotopic (exact) mass is 384 g/mol. The fraction of sp³-hybridized carbons (Fsp3) is 0.333. The van der Waals surface area contributed by atoms with E-state index in [-0.39, 0.29) is 11.9 Å². The SMILES string of the molecule is COC(=O)c1ccc(CNC(=O)C[NH+]2CCN(c3ccccc3O)CC2)cc1. The molecule has 7 nitrogen and oxygen atoms in total. The van der Waals surface area contributed by atoms with E-state index in [2.05, 4.69) is 15.0 Å². The molecule has 1 aliphatic heterocycles. The van der Waals surface area contributed by atoms with Gasteiger partial charge in [0, 0.05) is 6.54 Å². The van der Waals surface area contributed by atoms with Crippen LogP contribution in [-0.4, -0.2) is 56.8 Å². The van der Waals surface area contributed by atoms with Crippen LogP contribution in [0.4, 0.5) is 5.69 Å². The van der Waals surface area contributed by atoms with E-state index in [0.717, 1.165) is 37.4 Å². The smallest absolute Gasteiger partial charge is 0.337 e. The molecule has 28 heavy (non-hydrogen) atoms. The molecule has 3 N–H and O–H groups in total. The minimum atomic E-state index is -0.373. The van der Waals surface area contributed by atoms with Crippen LogP contribution in [-0.2, 0) is 16.1 Å². The van der Waals surface area contributed by atoms with Crippen molar-refractivity contribution in [2.45, 2.75) is 6.54 Å². The van der Waals surface area contributed by atoms with Gasteiger partial charge in [-0.3, -0.25) is 4.79 Å². The molecular formula is C21H26N3O4+. The predicted octanol–water partition coefficient (Wildman–Crippen LogP) is 0.200. The van der Waals surface area contributed by atoms with E-state index in [0.29, 0.717) is 24.4 Å². The number of aromatic hydroxyl groups is 1. The van der Waals surface area contributed by atoms with Crippen LogP contribution in [0.5, 0.6) is 5.75 Å². The van der Waals surface area contributed by atoms with E-state index in [1.807, 2.05) is 30.3 Å². The van der Waals surface area contributed by atoms with E-state index in [9.17, 15) is 14.7 Å². The lowest BCUT2D eigenvalue weighted by molar-refractivity contribution is -0.892. The van der Waals surface area contributed by atoms with Gasteiger partial charge in [0.15, 0.2) is 6.54 Å². The number of anilines is 1. The summed E-state index contributed by atoms with van der Waals surface area (Å²) in [5.74, 6) is -0.0767. The molecular weight excluding hydrogens is 358 g/mol. The van der Waals surface area contributed by atoms with Gasteiger partial charge in [-0.2, -0.15) is 0 Å². The van der Waals surface area contributed by atoms with Crippen LogP contribution in [0.1, 0.15) is 15.9 Å². The molecule has 1 fully saturated rings. The fourth-order valence-electron chi connectivity index (χ4n) is 3.34.